The first-order chi connectivity index (χ1) is 19.1. The summed E-state index contributed by atoms with van der Waals surface area (Å²) >= 11 is 0. The van der Waals surface area contributed by atoms with Gasteiger partial charge < -0.3 is 20.9 Å². The van der Waals surface area contributed by atoms with Gasteiger partial charge in [-0.3, -0.25) is 4.79 Å². The van der Waals surface area contributed by atoms with Gasteiger partial charge in [-0.1, -0.05) is 73.7 Å². The van der Waals surface area contributed by atoms with Crippen LogP contribution in [0.15, 0.2) is 97.1 Å². The van der Waals surface area contributed by atoms with Crippen molar-refractivity contribution in [3.63, 3.8) is 0 Å². The summed E-state index contributed by atoms with van der Waals surface area (Å²) < 4.78 is 0. The van der Waals surface area contributed by atoms with Crippen LogP contribution in [0, 0.1) is 0 Å². The van der Waals surface area contributed by atoms with Gasteiger partial charge in [-0.05, 0) is 71.8 Å². The lowest BCUT2D eigenvalue weighted by Crippen LogP contribution is -2.33. The number of benzene rings is 4. The van der Waals surface area contributed by atoms with Gasteiger partial charge >= 0.3 is 6.03 Å². The van der Waals surface area contributed by atoms with E-state index in [4.69, 9.17) is 0 Å². The van der Waals surface area contributed by atoms with Crippen LogP contribution in [0.4, 0.5) is 21.9 Å². The lowest BCUT2D eigenvalue weighted by Gasteiger charge is -2.32. The number of urea groups is 1. The molecular formula is C33H34N4O2. The SMILES string of the molecule is CCc1cccc(NC(=O)Nc2ccc(N3CCc4ccccc4C3)c(C(=O)NCCc3ccccc3)c2)c1. The van der Waals surface area contributed by atoms with E-state index in [1.165, 1.54) is 16.7 Å². The zero-order valence-corrected chi connectivity index (χ0v) is 22.2. The maximum Gasteiger partial charge on any atom is 0.323 e. The first-order valence-electron chi connectivity index (χ1n) is 13.5. The molecule has 3 amide bonds. The van der Waals surface area contributed by atoms with E-state index >= 15 is 0 Å². The zero-order chi connectivity index (χ0) is 27.0. The Balaban J connectivity index is 1.34. The van der Waals surface area contributed by atoms with Crippen LogP contribution in [0.5, 0.6) is 0 Å². The molecule has 0 saturated carbocycles. The Kier molecular flexibility index (Phi) is 8.22. The molecule has 0 bridgehead atoms. The van der Waals surface area contributed by atoms with E-state index in [0.29, 0.717) is 17.8 Å². The van der Waals surface area contributed by atoms with Gasteiger partial charge in [-0.15, -0.1) is 0 Å². The number of rotatable bonds is 8. The topological polar surface area (TPSA) is 73.5 Å². The third kappa shape index (κ3) is 6.65. The lowest BCUT2D eigenvalue weighted by molar-refractivity contribution is 0.0954. The van der Waals surface area contributed by atoms with E-state index in [2.05, 4.69) is 64.2 Å². The van der Waals surface area contributed by atoms with Gasteiger partial charge in [-0.2, -0.15) is 0 Å². The normalized spacial score (nSPS) is 12.4. The minimum absolute atomic E-state index is 0.153. The van der Waals surface area contributed by atoms with Gasteiger partial charge in [0.15, 0.2) is 0 Å². The largest absolute Gasteiger partial charge is 0.366 e. The lowest BCUT2D eigenvalue weighted by atomic mass is 9.98. The molecule has 198 valence electrons. The number of fused-ring (bicyclic) bond motifs is 1. The summed E-state index contributed by atoms with van der Waals surface area (Å²) in [7, 11) is 0. The van der Waals surface area contributed by atoms with Crippen molar-refractivity contribution in [3.8, 4) is 0 Å². The summed E-state index contributed by atoms with van der Waals surface area (Å²) in [4.78, 5) is 28.5. The van der Waals surface area contributed by atoms with Gasteiger partial charge in [0.2, 0.25) is 0 Å². The average molecular weight is 519 g/mol. The standard InChI is InChI=1S/C33H34N4O2/c1-2-24-11-8-14-28(21-24)35-33(39)36-29-15-16-31(37-20-18-26-12-6-7-13-27(26)23-37)30(22-29)32(38)34-19-17-25-9-4-3-5-10-25/h3-16,21-22H,2,17-20,23H2,1H3,(H,34,38)(H2,35,36,39). The summed E-state index contributed by atoms with van der Waals surface area (Å²) in [5.41, 5.74) is 7.65. The van der Waals surface area contributed by atoms with E-state index < -0.39 is 0 Å². The van der Waals surface area contributed by atoms with Crippen LogP contribution in [0.1, 0.15) is 39.5 Å². The highest BCUT2D eigenvalue weighted by Crippen LogP contribution is 2.30. The highest BCUT2D eigenvalue weighted by molar-refractivity contribution is 6.04. The third-order valence-corrected chi connectivity index (χ3v) is 7.11. The summed E-state index contributed by atoms with van der Waals surface area (Å²) in [6, 6.07) is 31.6. The van der Waals surface area contributed by atoms with E-state index in [1.54, 1.807) is 6.07 Å². The Bertz CT molecular complexity index is 1450. The summed E-state index contributed by atoms with van der Waals surface area (Å²) in [5.74, 6) is -0.153. The summed E-state index contributed by atoms with van der Waals surface area (Å²) in [6.07, 6.45) is 2.56. The smallest absolute Gasteiger partial charge is 0.323 e. The van der Waals surface area contributed by atoms with Crippen LogP contribution in [0.25, 0.3) is 0 Å². The quantitative estimate of drug-likeness (QED) is 0.252. The van der Waals surface area contributed by atoms with Crippen molar-refractivity contribution in [2.24, 2.45) is 0 Å². The van der Waals surface area contributed by atoms with Gasteiger partial charge in [0.1, 0.15) is 0 Å². The number of hydrogen-bond donors (Lipinski definition) is 3. The molecule has 0 radical (unpaired) electrons. The second-order valence-electron chi connectivity index (χ2n) is 9.80. The fourth-order valence-electron chi connectivity index (χ4n) is 5.00. The number of aryl methyl sites for hydroxylation is 1. The molecule has 1 aliphatic heterocycles. The van der Waals surface area contributed by atoms with Crippen molar-refractivity contribution in [2.75, 3.05) is 28.6 Å². The summed E-state index contributed by atoms with van der Waals surface area (Å²) in [6.45, 7) is 4.16. The minimum atomic E-state index is -0.349. The maximum atomic E-state index is 13.5. The molecule has 39 heavy (non-hydrogen) atoms. The molecule has 0 unspecified atom stereocenters. The van der Waals surface area contributed by atoms with E-state index in [1.807, 2.05) is 54.6 Å². The van der Waals surface area contributed by atoms with Crippen LogP contribution in [-0.2, 0) is 25.8 Å². The van der Waals surface area contributed by atoms with E-state index in [0.717, 1.165) is 49.3 Å². The van der Waals surface area contributed by atoms with E-state index in [9.17, 15) is 9.59 Å². The predicted octanol–water partition coefficient (Wildman–Crippen LogP) is 6.43. The number of nitrogens with zero attached hydrogens (tertiary/aromatic N) is 1. The highest BCUT2D eigenvalue weighted by Gasteiger charge is 2.22. The molecular weight excluding hydrogens is 484 g/mol. The molecule has 1 aliphatic rings. The van der Waals surface area contributed by atoms with Crippen molar-refractivity contribution in [1.82, 2.24) is 5.32 Å². The van der Waals surface area contributed by atoms with Crippen molar-refractivity contribution in [3.05, 3.63) is 125 Å². The van der Waals surface area contributed by atoms with Crippen molar-refractivity contribution in [2.45, 2.75) is 32.7 Å². The van der Waals surface area contributed by atoms with Gasteiger partial charge in [0.05, 0.1) is 5.56 Å². The Labute approximate surface area is 230 Å². The Morgan fingerprint density at radius 2 is 1.49 bits per heavy atom. The van der Waals surface area contributed by atoms with Crippen molar-refractivity contribution < 1.29 is 9.59 Å². The Morgan fingerprint density at radius 1 is 0.769 bits per heavy atom. The van der Waals surface area contributed by atoms with Gasteiger partial charge in [-0.25, -0.2) is 4.79 Å². The first kappa shape index (κ1) is 26.0. The van der Waals surface area contributed by atoms with Crippen molar-refractivity contribution in [1.29, 1.82) is 0 Å². The molecule has 0 aromatic heterocycles. The Morgan fingerprint density at radius 3 is 2.28 bits per heavy atom. The third-order valence-electron chi connectivity index (χ3n) is 7.11. The Hall–Kier alpha value is -4.58. The van der Waals surface area contributed by atoms with Crippen LogP contribution >= 0.6 is 0 Å². The molecule has 4 aromatic carbocycles. The summed E-state index contributed by atoms with van der Waals surface area (Å²) in [5, 5.41) is 8.88. The fourth-order valence-corrected chi connectivity index (χ4v) is 5.00. The number of amides is 3. The molecule has 0 saturated heterocycles. The van der Waals surface area contributed by atoms with E-state index in [-0.39, 0.29) is 11.9 Å². The van der Waals surface area contributed by atoms with Crippen LogP contribution in [0.2, 0.25) is 0 Å². The molecule has 0 spiro atoms. The van der Waals surface area contributed by atoms with Gasteiger partial charge in [0, 0.05) is 36.7 Å². The number of nitrogens with one attached hydrogen (secondary N) is 3. The minimum Gasteiger partial charge on any atom is -0.366 e. The number of carbonyl (C=O) groups is 2. The maximum absolute atomic E-state index is 13.5. The first-order valence-corrected chi connectivity index (χ1v) is 13.5. The highest BCUT2D eigenvalue weighted by atomic mass is 16.2. The number of carbonyl (C=O) groups excluding carboxylic acids is 2. The molecule has 4 aromatic rings. The zero-order valence-electron chi connectivity index (χ0n) is 22.2. The second kappa shape index (κ2) is 12.3. The van der Waals surface area contributed by atoms with Crippen LogP contribution in [0.3, 0.4) is 0 Å². The molecule has 0 fully saturated rings. The second-order valence-corrected chi connectivity index (χ2v) is 9.80. The number of hydrogen-bond acceptors (Lipinski definition) is 3. The molecule has 5 rings (SSSR count). The monoisotopic (exact) mass is 518 g/mol. The van der Waals surface area contributed by atoms with Crippen LogP contribution < -0.4 is 20.9 Å². The molecule has 6 nitrogen and oxygen atoms in total. The predicted molar refractivity (Wildman–Crippen MR) is 159 cm³/mol. The fraction of sp³-hybridized carbons (Fsp3) is 0.212. The molecule has 3 N–H and O–H groups in total. The molecule has 6 heteroatoms. The molecule has 0 atom stereocenters. The average Bonchev–Trinajstić information content (AvgIpc) is 2.97. The van der Waals surface area contributed by atoms with Crippen molar-refractivity contribution >= 4 is 29.0 Å². The molecule has 0 aliphatic carbocycles. The van der Waals surface area contributed by atoms with Gasteiger partial charge in [0.25, 0.3) is 5.91 Å². The number of anilines is 3. The molecule has 1 heterocycles. The van der Waals surface area contributed by atoms with Crippen LogP contribution in [-0.4, -0.2) is 25.0 Å².